The fourth-order valence-corrected chi connectivity index (χ4v) is 2.25. The summed E-state index contributed by atoms with van der Waals surface area (Å²) in [6.45, 7) is -0.346. The van der Waals surface area contributed by atoms with Crippen LogP contribution in [-0.2, 0) is 9.53 Å². The summed E-state index contributed by atoms with van der Waals surface area (Å²) in [6.07, 6.45) is 0. The van der Waals surface area contributed by atoms with Gasteiger partial charge >= 0.3 is 5.97 Å². The first kappa shape index (κ1) is 19.8. The number of carbonyl (C=O) groups excluding carboxylic acids is 3. The first-order chi connectivity index (χ1) is 13.0. The largest absolute Gasteiger partial charge is 0.497 e. The number of nitrogens with one attached hydrogen (secondary N) is 2. The summed E-state index contributed by atoms with van der Waals surface area (Å²) in [5.74, 6) is -0.678. The van der Waals surface area contributed by atoms with Crippen molar-refractivity contribution in [2.75, 3.05) is 33.2 Å². The molecule has 142 valence electrons. The lowest BCUT2D eigenvalue weighted by molar-refractivity contribution is -0.118. The normalized spacial score (nSPS) is 9.89. The van der Waals surface area contributed by atoms with Crippen LogP contribution >= 0.6 is 0 Å². The van der Waals surface area contributed by atoms with Crippen LogP contribution in [0.1, 0.15) is 20.7 Å². The number of amides is 2. The molecular weight excluding hydrogens is 352 g/mol. The van der Waals surface area contributed by atoms with Crippen LogP contribution in [0, 0.1) is 0 Å². The van der Waals surface area contributed by atoms with Crippen LogP contribution in [0.2, 0.25) is 0 Å². The number of anilines is 1. The molecule has 2 amide bonds. The fourth-order valence-electron chi connectivity index (χ4n) is 2.25. The average molecular weight is 372 g/mol. The number of ether oxygens (including phenoxy) is 3. The smallest absolute Gasteiger partial charge is 0.341 e. The summed E-state index contributed by atoms with van der Waals surface area (Å²) in [7, 11) is 4.25. The van der Waals surface area contributed by atoms with Crippen LogP contribution in [0.25, 0.3) is 0 Å². The zero-order chi connectivity index (χ0) is 19.8. The molecule has 27 heavy (non-hydrogen) atoms. The molecule has 0 aliphatic carbocycles. The van der Waals surface area contributed by atoms with Gasteiger partial charge in [0.1, 0.15) is 17.1 Å². The standard InChI is InChI=1S/C19H20N2O6/c1-20-18(23)12-5-4-6-13(9-12)21-17(22)11-27-16-10-14(25-2)7-8-15(16)19(24)26-3/h4-10H,11H2,1-3H3,(H,20,23)(H,21,22). The Labute approximate surface area is 156 Å². The summed E-state index contributed by atoms with van der Waals surface area (Å²) in [4.78, 5) is 35.6. The molecule has 2 aromatic rings. The zero-order valence-corrected chi connectivity index (χ0v) is 15.2. The van der Waals surface area contributed by atoms with Crippen molar-refractivity contribution in [1.29, 1.82) is 0 Å². The maximum absolute atomic E-state index is 12.2. The van der Waals surface area contributed by atoms with Crippen molar-refractivity contribution in [1.82, 2.24) is 5.32 Å². The van der Waals surface area contributed by atoms with Crippen LogP contribution < -0.4 is 20.1 Å². The summed E-state index contributed by atoms with van der Waals surface area (Å²) in [5.41, 5.74) is 1.04. The highest BCUT2D eigenvalue weighted by Crippen LogP contribution is 2.25. The van der Waals surface area contributed by atoms with Gasteiger partial charge in [0.15, 0.2) is 6.61 Å². The Morgan fingerprint density at radius 1 is 1.04 bits per heavy atom. The Morgan fingerprint density at radius 3 is 2.48 bits per heavy atom. The number of benzene rings is 2. The lowest BCUT2D eigenvalue weighted by Crippen LogP contribution is -2.22. The van der Waals surface area contributed by atoms with Crippen molar-refractivity contribution in [3.63, 3.8) is 0 Å². The minimum Gasteiger partial charge on any atom is -0.497 e. The molecule has 0 atom stereocenters. The third kappa shape index (κ3) is 5.21. The average Bonchev–Trinajstić information content (AvgIpc) is 2.70. The van der Waals surface area contributed by atoms with Gasteiger partial charge in [-0.1, -0.05) is 6.07 Å². The molecule has 0 saturated heterocycles. The SMILES string of the molecule is CNC(=O)c1cccc(NC(=O)COc2cc(OC)ccc2C(=O)OC)c1. The second-order valence-electron chi connectivity index (χ2n) is 5.35. The molecule has 0 aliphatic rings. The quantitative estimate of drug-likeness (QED) is 0.719. The van der Waals surface area contributed by atoms with Gasteiger partial charge in [-0.05, 0) is 30.3 Å². The highest BCUT2D eigenvalue weighted by Gasteiger charge is 2.16. The van der Waals surface area contributed by atoms with E-state index in [2.05, 4.69) is 10.6 Å². The molecule has 0 saturated carbocycles. The van der Waals surface area contributed by atoms with Gasteiger partial charge in [0, 0.05) is 24.4 Å². The van der Waals surface area contributed by atoms with Crippen molar-refractivity contribution >= 4 is 23.5 Å². The Morgan fingerprint density at radius 2 is 1.81 bits per heavy atom. The van der Waals surface area contributed by atoms with Gasteiger partial charge in [-0.15, -0.1) is 0 Å². The van der Waals surface area contributed by atoms with Crippen molar-refractivity contribution in [3.8, 4) is 11.5 Å². The molecule has 0 heterocycles. The van der Waals surface area contributed by atoms with E-state index in [1.54, 1.807) is 30.3 Å². The molecule has 0 spiro atoms. The van der Waals surface area contributed by atoms with Gasteiger partial charge < -0.3 is 24.8 Å². The van der Waals surface area contributed by atoms with E-state index in [-0.39, 0.29) is 23.8 Å². The second-order valence-corrected chi connectivity index (χ2v) is 5.35. The molecule has 2 N–H and O–H groups in total. The first-order valence-corrected chi connectivity index (χ1v) is 7.99. The van der Waals surface area contributed by atoms with E-state index >= 15 is 0 Å². The molecule has 0 bridgehead atoms. The maximum Gasteiger partial charge on any atom is 0.341 e. The van der Waals surface area contributed by atoms with Crippen LogP contribution in [0.15, 0.2) is 42.5 Å². The number of esters is 1. The molecule has 0 aromatic heterocycles. The second kappa shape index (κ2) is 9.23. The molecular formula is C19H20N2O6. The van der Waals surface area contributed by atoms with Crippen LogP contribution in [0.4, 0.5) is 5.69 Å². The number of carbonyl (C=O) groups is 3. The van der Waals surface area contributed by atoms with Gasteiger partial charge in [0.2, 0.25) is 0 Å². The maximum atomic E-state index is 12.2. The minimum absolute atomic E-state index is 0.162. The predicted molar refractivity (Wildman–Crippen MR) is 98.3 cm³/mol. The minimum atomic E-state index is -0.591. The fraction of sp³-hybridized carbons (Fsp3) is 0.211. The number of hydrogen-bond donors (Lipinski definition) is 2. The Bertz CT molecular complexity index is 850. The van der Waals surface area contributed by atoms with Gasteiger partial charge in [-0.2, -0.15) is 0 Å². The zero-order valence-electron chi connectivity index (χ0n) is 15.2. The van der Waals surface area contributed by atoms with Gasteiger partial charge in [-0.3, -0.25) is 9.59 Å². The van der Waals surface area contributed by atoms with E-state index in [1.807, 2.05) is 0 Å². The lowest BCUT2D eigenvalue weighted by atomic mass is 10.2. The monoisotopic (exact) mass is 372 g/mol. The molecule has 8 heteroatoms. The van der Waals surface area contributed by atoms with Crippen LogP contribution in [0.3, 0.4) is 0 Å². The molecule has 2 aromatic carbocycles. The Kier molecular flexibility index (Phi) is 6.76. The highest BCUT2D eigenvalue weighted by molar-refractivity contribution is 5.97. The third-order valence-electron chi connectivity index (χ3n) is 3.59. The van der Waals surface area contributed by atoms with E-state index in [0.29, 0.717) is 17.0 Å². The topological polar surface area (TPSA) is 103 Å². The van der Waals surface area contributed by atoms with Crippen molar-refractivity contribution in [3.05, 3.63) is 53.6 Å². The van der Waals surface area contributed by atoms with Crippen molar-refractivity contribution in [2.45, 2.75) is 0 Å². The van der Waals surface area contributed by atoms with E-state index in [4.69, 9.17) is 14.2 Å². The van der Waals surface area contributed by atoms with Crippen molar-refractivity contribution < 1.29 is 28.6 Å². The molecule has 0 aliphatic heterocycles. The summed E-state index contributed by atoms with van der Waals surface area (Å²) in [5, 5.41) is 5.14. The van der Waals surface area contributed by atoms with Gasteiger partial charge in [0.25, 0.3) is 11.8 Å². The molecule has 0 radical (unpaired) electrons. The highest BCUT2D eigenvalue weighted by atomic mass is 16.5. The molecule has 8 nitrogen and oxygen atoms in total. The molecule has 0 unspecified atom stereocenters. The predicted octanol–water partition coefficient (Wildman–Crippen LogP) is 1.86. The van der Waals surface area contributed by atoms with E-state index in [1.165, 1.54) is 33.4 Å². The summed E-state index contributed by atoms with van der Waals surface area (Å²) < 4.78 is 15.3. The third-order valence-corrected chi connectivity index (χ3v) is 3.59. The number of methoxy groups -OCH3 is 2. The number of hydrogen-bond acceptors (Lipinski definition) is 6. The van der Waals surface area contributed by atoms with Gasteiger partial charge in [-0.25, -0.2) is 4.79 Å². The van der Waals surface area contributed by atoms with Crippen molar-refractivity contribution in [2.24, 2.45) is 0 Å². The number of rotatable bonds is 7. The van der Waals surface area contributed by atoms with Gasteiger partial charge in [0.05, 0.1) is 14.2 Å². The van der Waals surface area contributed by atoms with E-state index in [0.717, 1.165) is 0 Å². The summed E-state index contributed by atoms with van der Waals surface area (Å²) in [6, 6.07) is 11.0. The molecule has 0 fully saturated rings. The lowest BCUT2D eigenvalue weighted by Gasteiger charge is -2.12. The summed E-state index contributed by atoms with van der Waals surface area (Å²) >= 11 is 0. The van der Waals surface area contributed by atoms with E-state index in [9.17, 15) is 14.4 Å². The Hall–Kier alpha value is -3.55. The van der Waals surface area contributed by atoms with Crippen LogP contribution in [0.5, 0.6) is 11.5 Å². The Balaban J connectivity index is 2.07. The molecule has 2 rings (SSSR count). The van der Waals surface area contributed by atoms with E-state index < -0.39 is 11.9 Å². The van der Waals surface area contributed by atoms with Crippen LogP contribution in [-0.4, -0.2) is 45.7 Å². The first-order valence-electron chi connectivity index (χ1n) is 7.99.